The number of guanidine groups is 1. The van der Waals surface area contributed by atoms with Gasteiger partial charge >= 0.3 is 0 Å². The Morgan fingerprint density at radius 1 is 1.33 bits per heavy atom. The molecule has 1 unspecified atom stereocenters. The van der Waals surface area contributed by atoms with Crippen LogP contribution in [0.5, 0.6) is 0 Å². The fourth-order valence-electron chi connectivity index (χ4n) is 2.92. The highest BCUT2D eigenvalue weighted by molar-refractivity contribution is 5.79. The van der Waals surface area contributed by atoms with Crippen LogP contribution in [0.4, 0.5) is 0 Å². The van der Waals surface area contributed by atoms with Gasteiger partial charge in [-0.15, -0.1) is 0 Å². The van der Waals surface area contributed by atoms with Crippen LogP contribution in [0.2, 0.25) is 0 Å². The molecule has 7 nitrogen and oxygen atoms in total. The van der Waals surface area contributed by atoms with Gasteiger partial charge in [0, 0.05) is 39.5 Å². The molecule has 1 aliphatic heterocycles. The van der Waals surface area contributed by atoms with E-state index in [1.165, 1.54) is 0 Å². The number of ether oxygens (including phenoxy) is 2. The summed E-state index contributed by atoms with van der Waals surface area (Å²) in [5.41, 5.74) is -1.14. The molecule has 154 valence electrons. The Labute approximate surface area is 162 Å². The predicted octanol–water partition coefficient (Wildman–Crippen LogP) is 2.18. The topological polar surface area (TPSA) is 88.3 Å². The van der Waals surface area contributed by atoms with E-state index in [9.17, 15) is 5.11 Å². The quantitative estimate of drug-likeness (QED) is 0.327. The first kappa shape index (κ1) is 21.7. The molecule has 0 saturated carbocycles. The fraction of sp³-hybridized carbons (Fsp3) is 0.750. The average Bonchev–Trinajstić information content (AvgIpc) is 3.11. The smallest absolute Gasteiger partial charge is 0.191 e. The molecule has 0 spiro atoms. The Kier molecular flexibility index (Phi) is 9.10. The maximum atomic E-state index is 10.6. The summed E-state index contributed by atoms with van der Waals surface area (Å²) in [5, 5.41) is 17.1. The van der Waals surface area contributed by atoms with Crippen LogP contribution < -0.4 is 10.6 Å². The lowest BCUT2D eigenvalue weighted by Crippen LogP contribution is -2.39. The number of furan rings is 1. The summed E-state index contributed by atoms with van der Waals surface area (Å²) in [6.45, 7) is 10.6. The number of aliphatic hydroxyl groups is 1. The molecular formula is C20H35N3O4. The van der Waals surface area contributed by atoms with Gasteiger partial charge in [-0.05, 0) is 58.1 Å². The highest BCUT2D eigenvalue weighted by Crippen LogP contribution is 2.23. The Bertz CT molecular complexity index is 565. The van der Waals surface area contributed by atoms with Crippen molar-refractivity contribution in [3.8, 4) is 0 Å². The van der Waals surface area contributed by atoms with Crippen molar-refractivity contribution in [2.75, 3.05) is 46.1 Å². The predicted molar refractivity (Wildman–Crippen MR) is 106 cm³/mol. The Balaban J connectivity index is 1.68. The molecule has 3 N–H and O–H groups in total. The number of nitrogens with zero attached hydrogens (tertiary/aromatic N) is 1. The van der Waals surface area contributed by atoms with Crippen molar-refractivity contribution in [1.82, 2.24) is 10.6 Å². The molecule has 1 aromatic heterocycles. The van der Waals surface area contributed by atoms with Crippen LogP contribution in [0.25, 0.3) is 0 Å². The number of hydrogen-bond acceptors (Lipinski definition) is 5. The van der Waals surface area contributed by atoms with Crippen LogP contribution in [-0.2, 0) is 15.1 Å². The van der Waals surface area contributed by atoms with Gasteiger partial charge in [0.25, 0.3) is 0 Å². The van der Waals surface area contributed by atoms with Gasteiger partial charge in [0.05, 0.1) is 6.54 Å². The van der Waals surface area contributed by atoms with Gasteiger partial charge in [-0.3, -0.25) is 0 Å². The Morgan fingerprint density at radius 3 is 2.78 bits per heavy atom. The minimum absolute atomic E-state index is 0.218. The van der Waals surface area contributed by atoms with E-state index in [0.29, 0.717) is 17.6 Å². The molecule has 1 fully saturated rings. The van der Waals surface area contributed by atoms with Gasteiger partial charge in [-0.1, -0.05) is 0 Å². The fourth-order valence-corrected chi connectivity index (χ4v) is 2.92. The van der Waals surface area contributed by atoms with E-state index >= 15 is 0 Å². The molecule has 7 heteroatoms. The van der Waals surface area contributed by atoms with Crippen molar-refractivity contribution in [3.05, 3.63) is 23.7 Å². The van der Waals surface area contributed by atoms with E-state index in [2.05, 4.69) is 15.6 Å². The summed E-state index contributed by atoms with van der Waals surface area (Å²) < 4.78 is 16.7. The van der Waals surface area contributed by atoms with E-state index in [4.69, 9.17) is 13.9 Å². The van der Waals surface area contributed by atoms with Gasteiger partial charge in [0.2, 0.25) is 0 Å². The molecule has 0 radical (unpaired) electrons. The van der Waals surface area contributed by atoms with E-state index < -0.39 is 5.60 Å². The zero-order valence-corrected chi connectivity index (χ0v) is 16.9. The van der Waals surface area contributed by atoms with E-state index in [1.54, 1.807) is 13.0 Å². The maximum Gasteiger partial charge on any atom is 0.191 e. The molecule has 1 aliphatic rings. The van der Waals surface area contributed by atoms with Crippen molar-refractivity contribution in [1.29, 1.82) is 0 Å². The Morgan fingerprint density at radius 2 is 2.11 bits per heavy atom. The molecule has 0 aromatic carbocycles. The summed E-state index contributed by atoms with van der Waals surface area (Å²) in [5.74, 6) is 2.63. The minimum Gasteiger partial charge on any atom is -0.463 e. The maximum absolute atomic E-state index is 10.6. The lowest BCUT2D eigenvalue weighted by molar-refractivity contribution is 0.0203. The van der Waals surface area contributed by atoms with E-state index in [0.717, 1.165) is 64.5 Å². The second kappa shape index (κ2) is 11.3. The average molecular weight is 382 g/mol. The molecule has 27 heavy (non-hydrogen) atoms. The SMILES string of the molecule is CCNC(=NCC(C)(O)c1ccc(C)o1)NCCCOCC1CCOCC1. The summed E-state index contributed by atoms with van der Waals surface area (Å²) in [4.78, 5) is 4.49. The summed E-state index contributed by atoms with van der Waals surface area (Å²) >= 11 is 0. The van der Waals surface area contributed by atoms with Crippen LogP contribution in [0.1, 0.15) is 44.6 Å². The zero-order valence-electron chi connectivity index (χ0n) is 16.9. The Hall–Kier alpha value is -1.57. The lowest BCUT2D eigenvalue weighted by Gasteiger charge is -2.21. The standard InChI is InChI=1S/C20H35N3O4/c1-4-21-19(23-15-20(3,24)18-7-6-16(2)27-18)22-10-5-11-26-14-17-8-12-25-13-9-17/h6-7,17,24H,4-5,8-15H2,1-3H3,(H2,21,22,23). The molecule has 0 aliphatic carbocycles. The van der Waals surface area contributed by atoms with Gasteiger partial charge in [-0.25, -0.2) is 4.99 Å². The van der Waals surface area contributed by atoms with Gasteiger partial charge < -0.3 is 29.6 Å². The number of hydrogen-bond donors (Lipinski definition) is 3. The zero-order chi connectivity index (χ0) is 19.5. The van der Waals surface area contributed by atoms with Gasteiger partial charge in [0.15, 0.2) is 5.96 Å². The highest BCUT2D eigenvalue weighted by Gasteiger charge is 2.26. The van der Waals surface area contributed by atoms with Gasteiger partial charge in [0.1, 0.15) is 17.1 Å². The van der Waals surface area contributed by atoms with Crippen molar-refractivity contribution in [2.24, 2.45) is 10.9 Å². The monoisotopic (exact) mass is 381 g/mol. The first-order valence-corrected chi connectivity index (χ1v) is 9.98. The molecule has 0 amide bonds. The number of aliphatic imine (C=N–C) groups is 1. The number of nitrogens with one attached hydrogen (secondary N) is 2. The van der Waals surface area contributed by atoms with Crippen LogP contribution in [-0.4, -0.2) is 57.1 Å². The number of rotatable bonds is 10. The molecule has 2 heterocycles. The van der Waals surface area contributed by atoms with Crippen molar-refractivity contribution in [2.45, 2.75) is 45.6 Å². The third-order valence-electron chi connectivity index (χ3n) is 4.61. The van der Waals surface area contributed by atoms with Gasteiger partial charge in [-0.2, -0.15) is 0 Å². The largest absolute Gasteiger partial charge is 0.463 e. The molecule has 0 bridgehead atoms. The van der Waals surface area contributed by atoms with Crippen LogP contribution in [0, 0.1) is 12.8 Å². The third-order valence-corrected chi connectivity index (χ3v) is 4.61. The molecule has 1 atom stereocenters. The van der Waals surface area contributed by atoms with Crippen molar-refractivity contribution >= 4 is 5.96 Å². The van der Waals surface area contributed by atoms with E-state index in [1.807, 2.05) is 19.9 Å². The molecular weight excluding hydrogens is 346 g/mol. The molecule has 1 aromatic rings. The molecule has 1 saturated heterocycles. The number of aryl methyl sites for hydroxylation is 1. The summed E-state index contributed by atoms with van der Waals surface area (Å²) in [6, 6.07) is 3.64. The first-order valence-electron chi connectivity index (χ1n) is 9.98. The second-order valence-corrected chi connectivity index (χ2v) is 7.29. The third kappa shape index (κ3) is 7.91. The van der Waals surface area contributed by atoms with Crippen LogP contribution in [0.15, 0.2) is 21.5 Å². The minimum atomic E-state index is -1.14. The van der Waals surface area contributed by atoms with Crippen molar-refractivity contribution < 1.29 is 19.0 Å². The summed E-state index contributed by atoms with van der Waals surface area (Å²) in [7, 11) is 0. The van der Waals surface area contributed by atoms with Crippen molar-refractivity contribution in [3.63, 3.8) is 0 Å². The normalized spacial score (nSPS) is 18.3. The summed E-state index contributed by atoms with van der Waals surface area (Å²) in [6.07, 6.45) is 3.11. The lowest BCUT2D eigenvalue weighted by atomic mass is 10.0. The second-order valence-electron chi connectivity index (χ2n) is 7.29. The highest BCUT2D eigenvalue weighted by atomic mass is 16.5. The van der Waals surface area contributed by atoms with Crippen LogP contribution >= 0.6 is 0 Å². The first-order chi connectivity index (χ1) is 13.0. The van der Waals surface area contributed by atoms with Crippen LogP contribution in [0.3, 0.4) is 0 Å². The van der Waals surface area contributed by atoms with E-state index in [-0.39, 0.29) is 6.54 Å². The molecule has 2 rings (SSSR count).